The van der Waals surface area contributed by atoms with Crippen LogP contribution >= 0.6 is 0 Å². The van der Waals surface area contributed by atoms with E-state index in [1.54, 1.807) is 12.1 Å². The number of ether oxygens (including phenoxy) is 1. The first kappa shape index (κ1) is 10.5. The molecule has 1 atom stereocenters. The van der Waals surface area contributed by atoms with Crippen LogP contribution in [0.15, 0.2) is 29.3 Å². The maximum absolute atomic E-state index is 11.4. The van der Waals surface area contributed by atoms with Gasteiger partial charge in [-0.05, 0) is 12.5 Å². The summed E-state index contributed by atoms with van der Waals surface area (Å²) in [6.45, 7) is 1.51. The quantitative estimate of drug-likeness (QED) is 0.719. The van der Waals surface area contributed by atoms with Gasteiger partial charge in [-0.2, -0.15) is 4.99 Å². The molecule has 1 aliphatic heterocycles. The third-order valence-corrected chi connectivity index (χ3v) is 2.48. The van der Waals surface area contributed by atoms with E-state index in [1.165, 1.54) is 6.92 Å². The Morgan fingerprint density at radius 1 is 1.44 bits per heavy atom. The number of carbonyl (C=O) groups is 2. The number of carbonyl (C=O) groups excluding carboxylic acids is 2. The van der Waals surface area contributed by atoms with Crippen molar-refractivity contribution >= 4 is 18.1 Å². The summed E-state index contributed by atoms with van der Waals surface area (Å²) in [4.78, 5) is 26.1. The average Bonchev–Trinajstić information content (AvgIpc) is 2.65. The molecule has 0 saturated heterocycles. The summed E-state index contributed by atoms with van der Waals surface area (Å²) < 4.78 is 5.05. The fourth-order valence-corrected chi connectivity index (χ4v) is 1.67. The van der Waals surface area contributed by atoms with E-state index >= 15 is 0 Å². The molecule has 4 heteroatoms. The van der Waals surface area contributed by atoms with Crippen LogP contribution < -0.4 is 0 Å². The second kappa shape index (κ2) is 4.26. The van der Waals surface area contributed by atoms with Gasteiger partial charge in [0.2, 0.25) is 0 Å². The van der Waals surface area contributed by atoms with Gasteiger partial charge in [0, 0.05) is 12.0 Å². The first-order chi connectivity index (χ1) is 7.68. The maximum atomic E-state index is 11.4. The first-order valence-corrected chi connectivity index (χ1v) is 4.99. The maximum Gasteiger partial charge on any atom is 0.289 e. The summed E-state index contributed by atoms with van der Waals surface area (Å²) in [5, 5.41) is 0. The van der Waals surface area contributed by atoms with Gasteiger partial charge in [-0.3, -0.25) is 9.59 Å². The van der Waals surface area contributed by atoms with Gasteiger partial charge in [-0.1, -0.05) is 24.3 Å². The molecule has 2 rings (SSSR count). The monoisotopic (exact) mass is 217 g/mol. The van der Waals surface area contributed by atoms with Gasteiger partial charge in [-0.25, -0.2) is 0 Å². The van der Waals surface area contributed by atoms with Gasteiger partial charge in [0.15, 0.2) is 18.3 Å². The van der Waals surface area contributed by atoms with Gasteiger partial charge >= 0.3 is 0 Å². The number of Topliss-reactive ketones (excluding diaryl/α,β-unsaturated/α-hetero) is 1. The Balaban J connectivity index is 2.21. The highest BCUT2D eigenvalue weighted by atomic mass is 16.5. The lowest BCUT2D eigenvalue weighted by Crippen LogP contribution is -2.20. The standard InChI is InChI=1S/C12H11NO3/c1-8(14)10-5-3-2-4-9(10)6-11-12(15)13-7-16-11/h2-5,7,11H,6H2,1H3. The second-order valence-electron chi connectivity index (χ2n) is 3.61. The molecule has 0 radical (unpaired) electrons. The van der Waals surface area contributed by atoms with Crippen LogP contribution in [0.2, 0.25) is 0 Å². The van der Waals surface area contributed by atoms with Crippen LogP contribution in [0.4, 0.5) is 0 Å². The van der Waals surface area contributed by atoms with E-state index in [0.29, 0.717) is 12.0 Å². The molecule has 1 aromatic carbocycles. The van der Waals surface area contributed by atoms with Crippen molar-refractivity contribution < 1.29 is 14.3 Å². The highest BCUT2D eigenvalue weighted by Crippen LogP contribution is 2.15. The van der Waals surface area contributed by atoms with Crippen molar-refractivity contribution in [3.8, 4) is 0 Å². The molecular formula is C12H11NO3. The van der Waals surface area contributed by atoms with E-state index in [4.69, 9.17) is 4.74 Å². The molecule has 1 unspecified atom stereocenters. The summed E-state index contributed by atoms with van der Waals surface area (Å²) in [5.41, 5.74) is 1.45. The molecule has 0 bridgehead atoms. The summed E-state index contributed by atoms with van der Waals surface area (Å²) in [5.74, 6) is -0.305. The van der Waals surface area contributed by atoms with Crippen LogP contribution in [-0.2, 0) is 16.0 Å². The first-order valence-electron chi connectivity index (χ1n) is 4.99. The van der Waals surface area contributed by atoms with Gasteiger partial charge in [0.1, 0.15) is 0 Å². The van der Waals surface area contributed by atoms with E-state index in [0.717, 1.165) is 12.0 Å². The summed E-state index contributed by atoms with van der Waals surface area (Å²) in [6, 6.07) is 7.21. The topological polar surface area (TPSA) is 55.7 Å². The van der Waals surface area contributed by atoms with Gasteiger partial charge in [-0.15, -0.1) is 0 Å². The van der Waals surface area contributed by atoms with Gasteiger partial charge in [0.25, 0.3) is 5.91 Å². The largest absolute Gasteiger partial charge is 0.470 e. The van der Waals surface area contributed by atoms with E-state index in [-0.39, 0.29) is 11.7 Å². The smallest absolute Gasteiger partial charge is 0.289 e. The number of ketones is 1. The minimum Gasteiger partial charge on any atom is -0.470 e. The number of nitrogens with zero attached hydrogens (tertiary/aromatic N) is 1. The predicted molar refractivity (Wildman–Crippen MR) is 58.5 cm³/mol. The van der Waals surface area contributed by atoms with Crippen LogP contribution in [0, 0.1) is 0 Å². The fourth-order valence-electron chi connectivity index (χ4n) is 1.67. The predicted octanol–water partition coefficient (Wildman–Crippen LogP) is 1.39. The van der Waals surface area contributed by atoms with Crippen LogP contribution in [-0.4, -0.2) is 24.2 Å². The second-order valence-corrected chi connectivity index (χ2v) is 3.61. The van der Waals surface area contributed by atoms with E-state index in [9.17, 15) is 9.59 Å². The molecule has 1 heterocycles. The molecule has 0 fully saturated rings. The molecule has 0 N–H and O–H groups in total. The Hall–Kier alpha value is -1.97. The summed E-state index contributed by atoms with van der Waals surface area (Å²) >= 11 is 0. The normalized spacial score (nSPS) is 18.6. The molecule has 0 aliphatic carbocycles. The van der Waals surface area contributed by atoms with Crippen molar-refractivity contribution in [1.29, 1.82) is 0 Å². The Bertz CT molecular complexity index is 465. The highest BCUT2D eigenvalue weighted by Gasteiger charge is 2.24. The van der Waals surface area contributed by atoms with Crippen molar-refractivity contribution in [2.24, 2.45) is 4.99 Å². The van der Waals surface area contributed by atoms with Crippen molar-refractivity contribution in [2.45, 2.75) is 19.4 Å². The van der Waals surface area contributed by atoms with E-state index in [1.807, 2.05) is 12.1 Å². The Labute approximate surface area is 92.9 Å². The molecule has 0 saturated carbocycles. The summed E-state index contributed by atoms with van der Waals surface area (Å²) in [7, 11) is 0. The van der Waals surface area contributed by atoms with Crippen molar-refractivity contribution in [3.63, 3.8) is 0 Å². The van der Waals surface area contributed by atoms with Gasteiger partial charge < -0.3 is 4.74 Å². The third kappa shape index (κ3) is 2.00. The number of hydrogen-bond donors (Lipinski definition) is 0. The number of benzene rings is 1. The molecule has 16 heavy (non-hydrogen) atoms. The number of aliphatic imine (C=N–C) groups is 1. The lowest BCUT2D eigenvalue weighted by molar-refractivity contribution is -0.122. The number of amides is 1. The molecule has 4 nitrogen and oxygen atoms in total. The van der Waals surface area contributed by atoms with E-state index in [2.05, 4.69) is 4.99 Å². The number of rotatable bonds is 3. The molecule has 1 aromatic rings. The molecule has 0 aromatic heterocycles. The van der Waals surface area contributed by atoms with E-state index < -0.39 is 6.10 Å². The molecular weight excluding hydrogens is 206 g/mol. The third-order valence-electron chi connectivity index (χ3n) is 2.48. The zero-order valence-corrected chi connectivity index (χ0v) is 8.84. The lowest BCUT2D eigenvalue weighted by atomic mass is 9.99. The van der Waals surface area contributed by atoms with Crippen LogP contribution in [0.3, 0.4) is 0 Å². The molecule has 1 aliphatic rings. The minimum atomic E-state index is -0.583. The molecule has 82 valence electrons. The molecule has 0 spiro atoms. The van der Waals surface area contributed by atoms with Crippen LogP contribution in [0.1, 0.15) is 22.8 Å². The van der Waals surface area contributed by atoms with Gasteiger partial charge in [0.05, 0.1) is 0 Å². The van der Waals surface area contributed by atoms with Crippen molar-refractivity contribution in [2.75, 3.05) is 0 Å². The Kier molecular flexibility index (Phi) is 2.81. The van der Waals surface area contributed by atoms with Crippen LogP contribution in [0.25, 0.3) is 0 Å². The lowest BCUT2D eigenvalue weighted by Gasteiger charge is -2.10. The zero-order chi connectivity index (χ0) is 11.5. The van der Waals surface area contributed by atoms with Crippen molar-refractivity contribution in [1.82, 2.24) is 0 Å². The van der Waals surface area contributed by atoms with Crippen LogP contribution in [0.5, 0.6) is 0 Å². The Morgan fingerprint density at radius 2 is 2.19 bits per heavy atom. The average molecular weight is 217 g/mol. The zero-order valence-electron chi connectivity index (χ0n) is 8.84. The SMILES string of the molecule is CC(=O)c1ccccc1CC1OC=NC1=O. The fraction of sp³-hybridized carbons (Fsp3) is 0.250. The van der Waals surface area contributed by atoms with Crippen molar-refractivity contribution in [3.05, 3.63) is 35.4 Å². The molecule has 1 amide bonds. The Morgan fingerprint density at radius 3 is 2.81 bits per heavy atom. The highest BCUT2D eigenvalue weighted by molar-refractivity contribution is 5.96. The number of hydrogen-bond acceptors (Lipinski definition) is 3. The minimum absolute atomic E-state index is 0.0121. The summed E-state index contributed by atoms with van der Waals surface area (Å²) in [6.07, 6.45) is 0.957.